The highest BCUT2D eigenvalue weighted by Gasteiger charge is 2.03. The van der Waals surface area contributed by atoms with E-state index in [4.69, 9.17) is 4.74 Å². The molecule has 0 aliphatic rings. The van der Waals surface area contributed by atoms with E-state index in [1.807, 2.05) is 6.92 Å². The van der Waals surface area contributed by atoms with Crippen molar-refractivity contribution in [2.75, 3.05) is 6.61 Å². The van der Waals surface area contributed by atoms with E-state index in [9.17, 15) is 9.90 Å². The third-order valence-electron chi connectivity index (χ3n) is 2.10. The first-order chi connectivity index (χ1) is 7.20. The number of benzene rings is 1. The number of nitrogens with one attached hydrogen (secondary N) is 1. The summed E-state index contributed by atoms with van der Waals surface area (Å²) in [7, 11) is 0. The maximum Gasteiger partial charge on any atom is 0.252 e. The molecule has 2 N–H and O–H groups in total. The molecule has 2 aromatic rings. The van der Waals surface area contributed by atoms with Gasteiger partial charge >= 0.3 is 0 Å². The highest BCUT2D eigenvalue weighted by Crippen LogP contribution is 2.25. The Kier molecular flexibility index (Phi) is 2.33. The van der Waals surface area contributed by atoms with Crippen LogP contribution in [-0.4, -0.2) is 16.7 Å². The molecule has 15 heavy (non-hydrogen) atoms. The number of aromatic amines is 1. The van der Waals surface area contributed by atoms with E-state index < -0.39 is 0 Å². The quantitative estimate of drug-likeness (QED) is 0.783. The molecule has 0 unspecified atom stereocenters. The molecule has 2 rings (SSSR count). The first-order valence-corrected chi connectivity index (χ1v) is 4.69. The molecule has 0 bridgehead atoms. The number of rotatable bonds is 2. The smallest absolute Gasteiger partial charge is 0.252 e. The molecule has 0 amide bonds. The number of hydrogen-bond donors (Lipinski definition) is 2. The molecular formula is C11H11NO3. The number of aromatic nitrogens is 1. The second kappa shape index (κ2) is 3.65. The van der Waals surface area contributed by atoms with Crippen LogP contribution in [0, 0.1) is 0 Å². The van der Waals surface area contributed by atoms with Crippen molar-refractivity contribution in [2.45, 2.75) is 6.92 Å². The Hall–Kier alpha value is -1.97. The number of H-pyrrole nitrogens is 1. The molecule has 0 saturated heterocycles. The van der Waals surface area contributed by atoms with Crippen molar-refractivity contribution >= 4 is 10.9 Å². The zero-order valence-corrected chi connectivity index (χ0v) is 8.28. The maximum atomic E-state index is 11.1. The van der Waals surface area contributed by atoms with Gasteiger partial charge in [0.05, 0.1) is 12.1 Å². The van der Waals surface area contributed by atoms with Crippen molar-refractivity contribution in [1.29, 1.82) is 0 Å². The highest BCUT2D eigenvalue weighted by atomic mass is 16.5. The Morgan fingerprint density at radius 2 is 2.20 bits per heavy atom. The van der Waals surface area contributed by atoms with Crippen LogP contribution in [0.1, 0.15) is 6.92 Å². The molecule has 4 nitrogen and oxygen atoms in total. The normalized spacial score (nSPS) is 10.5. The second-order valence-electron chi connectivity index (χ2n) is 3.16. The zero-order valence-electron chi connectivity index (χ0n) is 8.28. The molecule has 0 spiro atoms. The highest BCUT2D eigenvalue weighted by molar-refractivity contribution is 5.85. The van der Waals surface area contributed by atoms with Crippen LogP contribution in [0.2, 0.25) is 0 Å². The minimum Gasteiger partial charge on any atom is -0.507 e. The lowest BCUT2D eigenvalue weighted by Crippen LogP contribution is -2.03. The summed E-state index contributed by atoms with van der Waals surface area (Å²) in [6.45, 7) is 2.45. The number of ether oxygens (including phenoxy) is 1. The molecule has 1 aromatic heterocycles. The Morgan fingerprint density at radius 3 is 2.93 bits per heavy atom. The summed E-state index contributed by atoms with van der Waals surface area (Å²) >= 11 is 0. The van der Waals surface area contributed by atoms with Gasteiger partial charge in [-0.05, 0) is 25.1 Å². The average molecular weight is 205 g/mol. The predicted molar refractivity (Wildman–Crippen MR) is 57.4 cm³/mol. The van der Waals surface area contributed by atoms with Crippen molar-refractivity contribution in [2.24, 2.45) is 0 Å². The van der Waals surface area contributed by atoms with Crippen molar-refractivity contribution in [3.05, 3.63) is 34.6 Å². The SMILES string of the molecule is CCOc1ccc2[nH]c(=O)cc(O)c2c1. The van der Waals surface area contributed by atoms with Gasteiger partial charge in [0.1, 0.15) is 11.5 Å². The Bertz CT molecular complexity index is 545. The first-order valence-electron chi connectivity index (χ1n) is 4.69. The molecule has 0 saturated carbocycles. The van der Waals surface area contributed by atoms with E-state index in [1.165, 1.54) is 0 Å². The van der Waals surface area contributed by atoms with E-state index >= 15 is 0 Å². The van der Waals surface area contributed by atoms with E-state index in [-0.39, 0.29) is 11.3 Å². The number of fused-ring (bicyclic) bond motifs is 1. The number of pyridine rings is 1. The van der Waals surface area contributed by atoms with Crippen LogP contribution in [0.25, 0.3) is 10.9 Å². The first kappa shape index (κ1) is 9.58. The average Bonchev–Trinajstić information content (AvgIpc) is 2.19. The summed E-state index contributed by atoms with van der Waals surface area (Å²) in [4.78, 5) is 13.7. The summed E-state index contributed by atoms with van der Waals surface area (Å²) < 4.78 is 5.30. The topological polar surface area (TPSA) is 62.3 Å². The molecule has 0 radical (unpaired) electrons. The van der Waals surface area contributed by atoms with Gasteiger partial charge < -0.3 is 14.8 Å². The van der Waals surface area contributed by atoms with Gasteiger partial charge in [-0.2, -0.15) is 0 Å². The number of hydrogen-bond acceptors (Lipinski definition) is 3. The van der Waals surface area contributed by atoms with Gasteiger partial charge in [-0.3, -0.25) is 4.79 Å². The van der Waals surface area contributed by atoms with Gasteiger partial charge in [-0.1, -0.05) is 0 Å². The van der Waals surface area contributed by atoms with Crippen molar-refractivity contribution in [3.8, 4) is 11.5 Å². The minimum atomic E-state index is -0.316. The minimum absolute atomic E-state index is 0.0321. The third-order valence-corrected chi connectivity index (χ3v) is 2.10. The lowest BCUT2D eigenvalue weighted by Gasteiger charge is -2.05. The number of aromatic hydroxyl groups is 1. The zero-order chi connectivity index (χ0) is 10.8. The van der Waals surface area contributed by atoms with Crippen molar-refractivity contribution < 1.29 is 9.84 Å². The fourth-order valence-corrected chi connectivity index (χ4v) is 1.47. The van der Waals surface area contributed by atoms with Crippen LogP contribution >= 0.6 is 0 Å². The fourth-order valence-electron chi connectivity index (χ4n) is 1.47. The lowest BCUT2D eigenvalue weighted by atomic mass is 10.2. The van der Waals surface area contributed by atoms with Crippen molar-refractivity contribution in [3.63, 3.8) is 0 Å². The summed E-state index contributed by atoms with van der Waals surface area (Å²) in [5.41, 5.74) is 0.285. The maximum absolute atomic E-state index is 11.1. The molecule has 0 fully saturated rings. The van der Waals surface area contributed by atoms with Gasteiger partial charge in [0.25, 0.3) is 5.56 Å². The molecular weight excluding hydrogens is 194 g/mol. The predicted octanol–water partition coefficient (Wildman–Crippen LogP) is 1.63. The van der Waals surface area contributed by atoms with E-state index in [0.717, 1.165) is 6.07 Å². The van der Waals surface area contributed by atoms with E-state index in [2.05, 4.69) is 4.98 Å². The van der Waals surface area contributed by atoms with Crippen LogP contribution in [0.4, 0.5) is 0 Å². The largest absolute Gasteiger partial charge is 0.507 e. The molecule has 78 valence electrons. The van der Waals surface area contributed by atoms with Gasteiger partial charge in [-0.25, -0.2) is 0 Å². The van der Waals surface area contributed by atoms with Crippen LogP contribution in [-0.2, 0) is 0 Å². The third kappa shape index (κ3) is 1.79. The summed E-state index contributed by atoms with van der Waals surface area (Å²) in [6, 6.07) is 6.31. The Balaban J connectivity index is 2.66. The molecule has 0 atom stereocenters. The fraction of sp³-hybridized carbons (Fsp3) is 0.182. The molecule has 0 aliphatic heterocycles. The van der Waals surface area contributed by atoms with E-state index in [1.54, 1.807) is 18.2 Å². The standard InChI is InChI=1S/C11H11NO3/c1-2-15-7-3-4-9-8(5-7)10(13)6-11(14)12-9/h3-6H,2H2,1H3,(H2,12,13,14). The van der Waals surface area contributed by atoms with Gasteiger partial charge in [-0.15, -0.1) is 0 Å². The molecule has 4 heteroatoms. The molecule has 0 aliphatic carbocycles. The monoisotopic (exact) mass is 205 g/mol. The van der Waals surface area contributed by atoms with Crippen LogP contribution < -0.4 is 10.3 Å². The van der Waals surface area contributed by atoms with Crippen LogP contribution in [0.3, 0.4) is 0 Å². The van der Waals surface area contributed by atoms with E-state index in [0.29, 0.717) is 23.3 Å². The van der Waals surface area contributed by atoms with Gasteiger partial charge in [0.2, 0.25) is 0 Å². The van der Waals surface area contributed by atoms with Crippen LogP contribution in [0.5, 0.6) is 11.5 Å². The van der Waals surface area contributed by atoms with Gasteiger partial charge in [0.15, 0.2) is 0 Å². The summed E-state index contributed by atoms with van der Waals surface area (Å²) in [5, 5.41) is 10.2. The summed E-state index contributed by atoms with van der Waals surface area (Å²) in [5.74, 6) is 0.641. The second-order valence-corrected chi connectivity index (χ2v) is 3.16. The summed E-state index contributed by atoms with van der Waals surface area (Å²) in [6.07, 6.45) is 0. The van der Waals surface area contributed by atoms with Crippen molar-refractivity contribution in [1.82, 2.24) is 4.98 Å². The Labute approximate surface area is 86.1 Å². The lowest BCUT2D eigenvalue weighted by molar-refractivity contribution is 0.340. The molecule has 1 heterocycles. The van der Waals surface area contributed by atoms with Crippen LogP contribution in [0.15, 0.2) is 29.1 Å². The molecule has 1 aromatic carbocycles. The van der Waals surface area contributed by atoms with Gasteiger partial charge in [0, 0.05) is 11.5 Å². The Morgan fingerprint density at radius 1 is 1.40 bits per heavy atom.